The van der Waals surface area contributed by atoms with Crippen molar-refractivity contribution in [3.63, 3.8) is 0 Å². The van der Waals surface area contributed by atoms with Gasteiger partial charge >= 0.3 is 0 Å². The third kappa shape index (κ3) is 2.57. The lowest BCUT2D eigenvalue weighted by atomic mass is 11.6. The summed E-state index contributed by atoms with van der Waals surface area (Å²) in [6.45, 7) is 0. The topological polar surface area (TPSA) is 9.72 Å². The van der Waals surface area contributed by atoms with Crippen molar-refractivity contribution in [2.45, 2.75) is 0 Å². The van der Waals surface area contributed by atoms with Gasteiger partial charge in [-0.05, 0) is 0 Å². The van der Waals surface area contributed by atoms with E-state index in [2.05, 4.69) is 11.1 Å². The van der Waals surface area contributed by atoms with Crippen molar-refractivity contribution in [2.24, 2.45) is 0 Å². The fraction of sp³-hybridized carbons (Fsp3) is 1.00. The molecule has 0 amide bonds. The van der Waals surface area contributed by atoms with E-state index in [9.17, 15) is 0 Å². The Morgan fingerprint density at radius 3 is 1.11 bits per heavy atom. The van der Waals surface area contributed by atoms with Crippen LogP contribution in [-0.4, -0.2) is 32.3 Å². The Labute approximate surface area is 68.9 Å². The Morgan fingerprint density at radius 2 is 0.889 bits per heavy atom. The summed E-state index contributed by atoms with van der Waals surface area (Å²) in [5.41, 5.74) is 0. The predicted octanol–water partition coefficient (Wildman–Crippen LogP) is 1.49. The Balaban J connectivity index is 2.34. The molecule has 1 saturated heterocycles. The molecule has 0 radical (unpaired) electrons. The lowest BCUT2D eigenvalue weighted by Crippen LogP contribution is -2.21. The van der Waals surface area contributed by atoms with Gasteiger partial charge in [-0.2, -0.15) is 11.1 Å². The molecule has 0 saturated carbocycles. The van der Waals surface area contributed by atoms with E-state index in [0.717, 1.165) is 0 Å². The first kappa shape index (κ1) is 8.03. The number of nitrogens with zero attached hydrogens (tertiary/aromatic N) is 3. The number of hydrogen-bond donors (Lipinski definition) is 0. The van der Waals surface area contributed by atoms with Crippen molar-refractivity contribution in [2.75, 3.05) is 21.1 Å². The number of hydrogen-bond acceptors (Lipinski definition) is 6. The Hall–Kier alpha value is 0.930. The van der Waals surface area contributed by atoms with Crippen LogP contribution >= 0.6 is 36.4 Å². The van der Waals surface area contributed by atoms with Gasteiger partial charge in [-0.25, -0.2) is 0 Å². The molecule has 6 heteroatoms. The van der Waals surface area contributed by atoms with Crippen LogP contribution in [-0.2, 0) is 0 Å². The standard InChI is InChI=1S/C3H9N3S3/c1-4-7-5(2)9-6(3)8-4/h1-3H3. The maximum Gasteiger partial charge on any atom is 0.0327 e. The summed E-state index contributed by atoms with van der Waals surface area (Å²) in [7, 11) is 6.13. The maximum absolute atomic E-state index is 2.09. The van der Waals surface area contributed by atoms with Gasteiger partial charge in [-0.3, -0.25) is 0 Å². The third-order valence-electron chi connectivity index (χ3n) is 0.690. The highest BCUT2D eigenvalue weighted by atomic mass is 32.3. The van der Waals surface area contributed by atoms with Crippen LogP contribution in [0.4, 0.5) is 0 Å². The maximum atomic E-state index is 2.09. The molecule has 1 aliphatic heterocycles. The van der Waals surface area contributed by atoms with E-state index in [1.165, 1.54) is 0 Å². The second-order valence-corrected chi connectivity index (χ2v) is 6.03. The van der Waals surface area contributed by atoms with E-state index in [-0.39, 0.29) is 0 Å². The summed E-state index contributed by atoms with van der Waals surface area (Å²) >= 11 is 5.09. The van der Waals surface area contributed by atoms with E-state index in [0.29, 0.717) is 0 Å². The second-order valence-electron chi connectivity index (χ2n) is 1.56. The van der Waals surface area contributed by atoms with E-state index in [1.807, 2.05) is 21.1 Å². The minimum atomic E-state index is 1.70. The molecule has 1 rings (SSSR count). The normalized spacial score (nSPS) is 27.0. The van der Waals surface area contributed by atoms with Crippen molar-refractivity contribution < 1.29 is 0 Å². The molecule has 0 unspecified atom stereocenters. The molecule has 3 nitrogen and oxygen atoms in total. The molecule has 0 aromatic heterocycles. The zero-order chi connectivity index (χ0) is 6.85. The SMILES string of the molecule is CN1SN(C)SN(C)S1. The Morgan fingerprint density at radius 1 is 0.667 bits per heavy atom. The molecule has 0 atom stereocenters. The van der Waals surface area contributed by atoms with Gasteiger partial charge in [-0.15, -0.1) is 0 Å². The molecule has 0 aromatic rings. The molecule has 9 heavy (non-hydrogen) atoms. The molecule has 0 aliphatic carbocycles. The predicted molar refractivity (Wildman–Crippen MR) is 46.1 cm³/mol. The lowest BCUT2D eigenvalue weighted by Gasteiger charge is -2.31. The summed E-state index contributed by atoms with van der Waals surface area (Å²) in [6.07, 6.45) is 0. The molecular weight excluding hydrogens is 174 g/mol. The average molecular weight is 183 g/mol. The van der Waals surface area contributed by atoms with Crippen molar-refractivity contribution in [3.8, 4) is 0 Å². The highest BCUT2D eigenvalue weighted by Gasteiger charge is 2.17. The minimum absolute atomic E-state index is 1.70. The van der Waals surface area contributed by atoms with Gasteiger partial charge in [-0.1, -0.05) is 0 Å². The molecule has 0 spiro atoms. The summed E-state index contributed by atoms with van der Waals surface area (Å²) in [4.78, 5) is 0. The van der Waals surface area contributed by atoms with Gasteiger partial charge in [0.25, 0.3) is 0 Å². The van der Waals surface area contributed by atoms with Crippen molar-refractivity contribution in [3.05, 3.63) is 0 Å². The first-order valence-electron chi connectivity index (χ1n) is 2.44. The molecule has 54 valence electrons. The van der Waals surface area contributed by atoms with Crippen molar-refractivity contribution >= 4 is 36.4 Å². The van der Waals surface area contributed by atoms with Crippen LogP contribution in [0.1, 0.15) is 0 Å². The number of rotatable bonds is 0. The Bertz CT molecular complexity index is 75.3. The molecule has 1 aliphatic rings. The van der Waals surface area contributed by atoms with Crippen molar-refractivity contribution in [1.29, 1.82) is 0 Å². The summed E-state index contributed by atoms with van der Waals surface area (Å²) in [5, 5.41) is 0. The highest BCUT2D eigenvalue weighted by Crippen LogP contribution is 2.38. The first-order valence-corrected chi connectivity index (χ1v) is 4.63. The van der Waals surface area contributed by atoms with Crippen molar-refractivity contribution in [1.82, 2.24) is 11.1 Å². The zero-order valence-electron chi connectivity index (χ0n) is 5.57. The van der Waals surface area contributed by atoms with Gasteiger partial charge in [0, 0.05) is 57.5 Å². The lowest BCUT2D eigenvalue weighted by molar-refractivity contribution is 0.754. The van der Waals surface area contributed by atoms with Crippen LogP contribution < -0.4 is 0 Å². The molecular formula is C3H9N3S3. The van der Waals surface area contributed by atoms with E-state index in [1.54, 1.807) is 36.4 Å². The zero-order valence-corrected chi connectivity index (χ0v) is 8.02. The summed E-state index contributed by atoms with van der Waals surface area (Å²) in [5.74, 6) is 0. The van der Waals surface area contributed by atoms with Crippen LogP contribution in [0.2, 0.25) is 0 Å². The molecule has 1 heterocycles. The van der Waals surface area contributed by atoms with Crippen LogP contribution in [0.25, 0.3) is 0 Å². The summed E-state index contributed by atoms with van der Waals surface area (Å²) < 4.78 is 6.28. The average Bonchev–Trinajstić information content (AvgIpc) is 1.59. The smallest absolute Gasteiger partial charge is 0.0327 e. The minimum Gasteiger partial charge on any atom is -0.169 e. The van der Waals surface area contributed by atoms with Gasteiger partial charge in [0.05, 0.1) is 0 Å². The van der Waals surface area contributed by atoms with Gasteiger partial charge in [0.2, 0.25) is 0 Å². The van der Waals surface area contributed by atoms with Crippen LogP contribution in [0, 0.1) is 0 Å². The fourth-order valence-corrected chi connectivity index (χ4v) is 4.04. The van der Waals surface area contributed by atoms with Gasteiger partial charge < -0.3 is 0 Å². The molecule has 1 fully saturated rings. The second kappa shape index (κ2) is 3.36. The van der Waals surface area contributed by atoms with E-state index >= 15 is 0 Å². The first-order chi connectivity index (χ1) is 4.18. The van der Waals surface area contributed by atoms with Crippen LogP contribution in [0.15, 0.2) is 0 Å². The van der Waals surface area contributed by atoms with Gasteiger partial charge in [0.15, 0.2) is 0 Å². The van der Waals surface area contributed by atoms with E-state index in [4.69, 9.17) is 0 Å². The third-order valence-corrected chi connectivity index (χ3v) is 3.27. The molecule has 0 N–H and O–H groups in total. The van der Waals surface area contributed by atoms with E-state index < -0.39 is 0 Å². The largest absolute Gasteiger partial charge is 0.169 e. The molecule has 0 aromatic carbocycles. The highest BCUT2D eigenvalue weighted by molar-refractivity contribution is 8.24. The van der Waals surface area contributed by atoms with Crippen LogP contribution in [0.3, 0.4) is 0 Å². The Kier molecular flexibility index (Phi) is 3.00. The monoisotopic (exact) mass is 183 g/mol. The summed E-state index contributed by atoms with van der Waals surface area (Å²) in [6, 6.07) is 0. The van der Waals surface area contributed by atoms with Gasteiger partial charge in [0.1, 0.15) is 0 Å². The van der Waals surface area contributed by atoms with Crippen LogP contribution in [0.5, 0.6) is 0 Å². The fourth-order valence-electron chi connectivity index (χ4n) is 0.530. The quantitative estimate of drug-likeness (QED) is 0.523. The molecule has 0 bridgehead atoms.